The zero-order valence-corrected chi connectivity index (χ0v) is 34.2. The molecule has 0 saturated heterocycles. The molecule has 10 atom stereocenters. The largest absolute Gasteiger partial charge is 0.508 e. The number of hydrogen-bond acceptors (Lipinski definition) is 11. The van der Waals surface area contributed by atoms with Gasteiger partial charge in [-0.05, 0) is 109 Å². The normalized spacial score (nSPS) is 31.5. The first-order valence-corrected chi connectivity index (χ1v) is 21.5. The van der Waals surface area contributed by atoms with Crippen LogP contribution in [-0.4, -0.2) is 73.7 Å². The summed E-state index contributed by atoms with van der Waals surface area (Å²) in [5.41, 5.74) is 3.15. The van der Waals surface area contributed by atoms with Crippen LogP contribution in [0.4, 0.5) is 5.69 Å². The van der Waals surface area contributed by atoms with Gasteiger partial charge >= 0.3 is 11.9 Å². The molecule has 11 nitrogen and oxygen atoms in total. The van der Waals surface area contributed by atoms with E-state index in [1.165, 1.54) is 12.1 Å². The van der Waals surface area contributed by atoms with E-state index in [4.69, 9.17) is 9.47 Å². The lowest BCUT2D eigenvalue weighted by atomic mass is 9.53. The second-order valence-corrected chi connectivity index (χ2v) is 17.7. The molecular formula is C49H55NO10. The number of aliphatic hydroxyl groups is 4. The maximum absolute atomic E-state index is 15.0. The van der Waals surface area contributed by atoms with Crippen molar-refractivity contribution in [3.05, 3.63) is 99.6 Å². The topological polar surface area (TPSA) is 183 Å². The summed E-state index contributed by atoms with van der Waals surface area (Å²) in [6.07, 6.45) is 1.71. The number of carbonyl (C=O) groups is 3. The number of nitrogens with one attached hydrogen (secondary N) is 1. The summed E-state index contributed by atoms with van der Waals surface area (Å²) < 4.78 is 12.3. The van der Waals surface area contributed by atoms with E-state index in [0.29, 0.717) is 53.6 Å². The summed E-state index contributed by atoms with van der Waals surface area (Å²) >= 11 is 0. The van der Waals surface area contributed by atoms with Gasteiger partial charge in [0.1, 0.15) is 29.0 Å². The van der Waals surface area contributed by atoms with Gasteiger partial charge in [0.25, 0.3) is 0 Å². The van der Waals surface area contributed by atoms with Crippen molar-refractivity contribution in [2.24, 2.45) is 23.7 Å². The predicted octanol–water partition coefficient (Wildman–Crippen LogP) is 5.56. The minimum Gasteiger partial charge on any atom is -0.508 e. The second-order valence-electron chi connectivity index (χ2n) is 17.7. The average Bonchev–Trinajstić information content (AvgIpc) is 3.22. The Morgan fingerprint density at radius 2 is 1.72 bits per heavy atom. The van der Waals surface area contributed by atoms with Crippen LogP contribution in [-0.2, 0) is 45.0 Å². The van der Waals surface area contributed by atoms with Gasteiger partial charge in [-0.15, -0.1) is 0 Å². The molecule has 2 saturated carbocycles. The Kier molecular flexibility index (Phi) is 11.9. The van der Waals surface area contributed by atoms with Crippen molar-refractivity contribution in [3.8, 4) is 23.3 Å². The zero-order chi connectivity index (χ0) is 42.3. The number of aliphatic hydroxyl groups excluding tert-OH is 3. The highest BCUT2D eigenvalue weighted by molar-refractivity contribution is 5.89. The highest BCUT2D eigenvalue weighted by Gasteiger charge is 2.59. The number of anilines is 1. The van der Waals surface area contributed by atoms with Gasteiger partial charge in [0.05, 0.1) is 31.2 Å². The van der Waals surface area contributed by atoms with Crippen LogP contribution in [0.25, 0.3) is 0 Å². The number of fused-ring (bicyclic) bond motifs is 7. The lowest BCUT2D eigenvalue weighted by Gasteiger charge is -2.56. The third-order valence-electron chi connectivity index (χ3n) is 13.7. The summed E-state index contributed by atoms with van der Waals surface area (Å²) in [6, 6.07) is 16.4. The van der Waals surface area contributed by atoms with Crippen molar-refractivity contribution in [3.63, 3.8) is 0 Å². The Bertz CT molecular complexity index is 2250. The molecule has 316 valence electrons. The third-order valence-corrected chi connectivity index (χ3v) is 13.7. The number of benzene rings is 3. The fourth-order valence-electron chi connectivity index (χ4n) is 10.8. The van der Waals surface area contributed by atoms with Crippen LogP contribution in [0.3, 0.4) is 0 Å². The van der Waals surface area contributed by atoms with Crippen molar-refractivity contribution < 1.29 is 49.4 Å². The van der Waals surface area contributed by atoms with Gasteiger partial charge < -0.3 is 40.3 Å². The summed E-state index contributed by atoms with van der Waals surface area (Å²) in [5, 5.41) is 60.4. The van der Waals surface area contributed by atoms with Crippen molar-refractivity contribution in [1.82, 2.24) is 0 Å². The van der Waals surface area contributed by atoms with Crippen LogP contribution in [0.15, 0.2) is 66.2 Å². The Labute approximate surface area is 350 Å². The molecule has 3 aromatic rings. The Balaban J connectivity index is 1.34. The van der Waals surface area contributed by atoms with Crippen molar-refractivity contribution in [2.75, 3.05) is 11.9 Å². The Morgan fingerprint density at radius 1 is 0.933 bits per heavy atom. The molecule has 0 aromatic heterocycles. The Hall–Kier alpha value is -4.99. The molecule has 8 rings (SSSR count). The number of esters is 2. The van der Waals surface area contributed by atoms with E-state index in [2.05, 4.69) is 17.2 Å². The van der Waals surface area contributed by atoms with Crippen LogP contribution in [0.2, 0.25) is 0 Å². The van der Waals surface area contributed by atoms with Crippen LogP contribution >= 0.6 is 0 Å². The highest BCUT2D eigenvalue weighted by atomic mass is 16.6. The van der Waals surface area contributed by atoms with E-state index in [9.17, 15) is 35.1 Å². The quantitative estimate of drug-likeness (QED) is 0.104. The summed E-state index contributed by atoms with van der Waals surface area (Å²) in [7, 11) is 0. The second kappa shape index (κ2) is 17.2. The Morgan fingerprint density at radius 3 is 2.48 bits per heavy atom. The summed E-state index contributed by atoms with van der Waals surface area (Å²) in [6.45, 7) is 3.62. The maximum Gasteiger partial charge on any atom is 0.334 e. The molecule has 5 aliphatic rings. The molecule has 2 fully saturated rings. The monoisotopic (exact) mass is 817 g/mol. The fourth-order valence-corrected chi connectivity index (χ4v) is 10.8. The van der Waals surface area contributed by atoms with Gasteiger partial charge in [0, 0.05) is 60.5 Å². The molecule has 6 N–H and O–H groups in total. The molecule has 10 bridgehead atoms. The smallest absolute Gasteiger partial charge is 0.334 e. The number of ether oxygens (including phenoxy) is 2. The number of aromatic hydroxyl groups is 1. The lowest BCUT2D eigenvalue weighted by Crippen LogP contribution is -2.63. The van der Waals surface area contributed by atoms with Gasteiger partial charge in [0.2, 0.25) is 0 Å². The van der Waals surface area contributed by atoms with Crippen molar-refractivity contribution >= 4 is 23.4 Å². The van der Waals surface area contributed by atoms with Gasteiger partial charge in [-0.1, -0.05) is 55.5 Å². The molecule has 60 heavy (non-hydrogen) atoms. The molecule has 2 aliphatic carbocycles. The number of phenols is 1. The molecule has 0 spiro atoms. The van der Waals surface area contributed by atoms with E-state index in [-0.39, 0.29) is 85.9 Å². The van der Waals surface area contributed by atoms with E-state index in [0.717, 1.165) is 17.5 Å². The SMILES string of the molecule is CC[C@H]1CC[C@@H]2[C@@H]3Cc4cccc(c4)C[C@H](O)/C=C4/C[C@H](c5cc(CO)cc(NC[C@H](C)O)c5)C#C[C@@H]5CC(=O)Oc6cc(O)c(cc65)C[C@@H](OC4=O)[C@@]1(O)[C@H]2CCC3=O. The molecule has 0 unspecified atom stereocenters. The molecule has 3 aliphatic heterocycles. The van der Waals surface area contributed by atoms with Gasteiger partial charge in [-0.2, -0.15) is 0 Å². The van der Waals surface area contributed by atoms with Crippen molar-refractivity contribution in [2.45, 2.75) is 120 Å². The standard InChI is InChI=1S/C49H55NO10/c1-3-36-9-10-39-41-17-29-6-4-5-28(13-29)16-38(53)20-35-18-31(33-14-30(26-51)15-37(19-33)50-25-27(2)52)7-8-32-23-47(56)59-45-24-44(55)34(21-40(32)45)22-46(60-48(35)57)49(36,58)42(39)11-12-43(41)54/h4-6,13-15,19-21,24,27,31-32,36,38-39,41-42,46,50-53,55,58H,3,9-12,16-18,22-23,25-26H2,1-2H3/b35-20-/t27-,31+,32+,36-,38-,39+,41-,42-,46+,49-/m0/s1. The van der Waals surface area contributed by atoms with Crippen molar-refractivity contribution in [1.29, 1.82) is 0 Å². The summed E-state index contributed by atoms with van der Waals surface area (Å²) in [4.78, 5) is 41.9. The minimum atomic E-state index is -1.60. The van der Waals surface area contributed by atoms with Crippen LogP contribution < -0.4 is 10.1 Å². The predicted molar refractivity (Wildman–Crippen MR) is 223 cm³/mol. The number of carbonyl (C=O) groups excluding carboxylic acids is 3. The van der Waals surface area contributed by atoms with Gasteiger partial charge in [0.15, 0.2) is 0 Å². The number of Topliss-reactive ketones (excluding diaryl/α,β-unsaturated/α-hetero) is 1. The first-order chi connectivity index (χ1) is 28.8. The molecule has 0 radical (unpaired) electrons. The van der Waals surface area contributed by atoms with E-state index in [1.54, 1.807) is 25.1 Å². The zero-order valence-electron chi connectivity index (χ0n) is 34.2. The average molecular weight is 818 g/mol. The maximum atomic E-state index is 15.0. The number of hydrogen-bond donors (Lipinski definition) is 6. The van der Waals surface area contributed by atoms with Gasteiger partial charge in [-0.25, -0.2) is 4.79 Å². The summed E-state index contributed by atoms with van der Waals surface area (Å²) in [5.74, 6) is 2.99. The molecular weight excluding hydrogens is 763 g/mol. The number of phenolic OH excluding ortho intramolecular Hbond substituents is 1. The van der Waals surface area contributed by atoms with Crippen LogP contribution in [0, 0.1) is 35.5 Å². The molecule has 3 heterocycles. The molecule has 11 heteroatoms. The molecule has 0 amide bonds. The van der Waals surface area contributed by atoms with Crippen LogP contribution in [0.1, 0.15) is 104 Å². The lowest BCUT2D eigenvalue weighted by molar-refractivity contribution is -0.212. The fraction of sp³-hybridized carbons (Fsp3) is 0.490. The highest BCUT2D eigenvalue weighted by Crippen LogP contribution is 2.54. The first kappa shape index (κ1) is 41.7. The van der Waals surface area contributed by atoms with Crippen LogP contribution in [0.5, 0.6) is 11.5 Å². The number of ketones is 1. The minimum absolute atomic E-state index is 0.0362. The van der Waals surface area contributed by atoms with E-state index in [1.807, 2.05) is 37.3 Å². The first-order valence-electron chi connectivity index (χ1n) is 21.5. The van der Waals surface area contributed by atoms with Gasteiger partial charge in [-0.3, -0.25) is 9.59 Å². The number of rotatable bonds is 6. The van der Waals surface area contributed by atoms with E-state index < -0.39 is 53.6 Å². The molecule has 3 aromatic carbocycles. The van der Waals surface area contributed by atoms with E-state index >= 15 is 4.79 Å². The third kappa shape index (κ3) is 8.35.